The fraction of sp³-hybridized carbons (Fsp3) is 0.167. The largest absolute Gasteiger partial charge is 0.477 e. The molecule has 2 rings (SSSR count). The summed E-state index contributed by atoms with van der Waals surface area (Å²) in [7, 11) is 0. The smallest absolute Gasteiger partial charge is 0.341 e. The van der Waals surface area contributed by atoms with Crippen molar-refractivity contribution >= 4 is 17.3 Å². The summed E-state index contributed by atoms with van der Waals surface area (Å²) in [5.74, 6) is -1.18. The first kappa shape index (κ1) is 11.6. The maximum Gasteiger partial charge on any atom is 0.341 e. The highest BCUT2D eigenvalue weighted by Crippen LogP contribution is 2.09. The van der Waals surface area contributed by atoms with Crippen LogP contribution in [-0.4, -0.2) is 15.6 Å². The number of thiophene rings is 1. The Labute approximate surface area is 102 Å². The van der Waals surface area contributed by atoms with Crippen molar-refractivity contribution in [3.63, 3.8) is 0 Å². The number of aromatic carboxylic acids is 1. The van der Waals surface area contributed by atoms with Crippen molar-refractivity contribution in [2.24, 2.45) is 0 Å². The summed E-state index contributed by atoms with van der Waals surface area (Å²) < 4.78 is 1.43. The molecule has 0 amide bonds. The number of aromatic nitrogens is 1. The van der Waals surface area contributed by atoms with Crippen molar-refractivity contribution in [2.45, 2.75) is 13.0 Å². The van der Waals surface area contributed by atoms with Gasteiger partial charge in [0.05, 0.1) is 0 Å². The minimum absolute atomic E-state index is 0.182. The van der Waals surface area contributed by atoms with E-state index in [0.717, 1.165) is 6.42 Å². The Morgan fingerprint density at radius 3 is 2.82 bits per heavy atom. The molecule has 0 aliphatic heterocycles. The molecule has 2 aromatic heterocycles. The molecule has 0 atom stereocenters. The molecule has 0 aliphatic rings. The Morgan fingerprint density at radius 1 is 1.35 bits per heavy atom. The Morgan fingerprint density at radius 2 is 2.18 bits per heavy atom. The predicted molar refractivity (Wildman–Crippen MR) is 65.7 cm³/mol. The first-order chi connectivity index (χ1) is 8.18. The molecule has 0 radical (unpaired) electrons. The summed E-state index contributed by atoms with van der Waals surface area (Å²) in [6.07, 6.45) is 2.35. The van der Waals surface area contributed by atoms with E-state index >= 15 is 0 Å². The van der Waals surface area contributed by atoms with Crippen LogP contribution in [0.15, 0.2) is 40.6 Å². The Kier molecular flexibility index (Phi) is 3.39. The van der Waals surface area contributed by atoms with Gasteiger partial charge in [-0.1, -0.05) is 6.07 Å². The van der Waals surface area contributed by atoms with Gasteiger partial charge >= 0.3 is 5.97 Å². The number of carboxylic acid groups (broad SMARTS) is 1. The molecular weight excluding hydrogens is 238 g/mol. The van der Waals surface area contributed by atoms with Gasteiger partial charge in [0.15, 0.2) is 0 Å². The molecule has 2 heterocycles. The second-order valence-corrected chi connectivity index (χ2v) is 4.59. The molecular formula is C12H11NO3S. The average Bonchev–Trinajstić information content (AvgIpc) is 2.80. The van der Waals surface area contributed by atoms with E-state index in [1.807, 2.05) is 17.5 Å². The Balaban J connectivity index is 2.19. The SMILES string of the molecule is O=C(O)c1cccn(CCc2cccs2)c1=O. The topological polar surface area (TPSA) is 59.3 Å². The number of carbonyl (C=O) groups is 1. The van der Waals surface area contributed by atoms with Gasteiger partial charge in [0.1, 0.15) is 5.56 Å². The number of rotatable bonds is 4. The van der Waals surface area contributed by atoms with Crippen LogP contribution >= 0.6 is 11.3 Å². The highest BCUT2D eigenvalue weighted by molar-refractivity contribution is 7.09. The van der Waals surface area contributed by atoms with Gasteiger partial charge in [-0.15, -0.1) is 11.3 Å². The fourth-order valence-electron chi connectivity index (χ4n) is 1.56. The molecule has 1 N–H and O–H groups in total. The quantitative estimate of drug-likeness (QED) is 0.899. The first-order valence-electron chi connectivity index (χ1n) is 5.13. The van der Waals surface area contributed by atoms with Gasteiger partial charge in [-0.2, -0.15) is 0 Å². The van der Waals surface area contributed by atoms with E-state index in [4.69, 9.17) is 5.11 Å². The summed E-state index contributed by atoms with van der Waals surface area (Å²) in [6, 6.07) is 6.86. The standard InChI is InChI=1S/C12H11NO3S/c14-11-10(12(15)16)4-1-6-13(11)7-5-9-3-2-8-17-9/h1-4,6,8H,5,7H2,(H,15,16). The molecule has 0 aromatic carbocycles. The fourth-order valence-corrected chi connectivity index (χ4v) is 2.26. The molecule has 0 fully saturated rings. The predicted octanol–water partition coefficient (Wildman–Crippen LogP) is 1.85. The van der Waals surface area contributed by atoms with E-state index in [1.165, 1.54) is 15.5 Å². The van der Waals surface area contributed by atoms with Crippen molar-refractivity contribution in [3.05, 3.63) is 56.6 Å². The van der Waals surface area contributed by atoms with E-state index in [1.54, 1.807) is 23.6 Å². The second kappa shape index (κ2) is 4.97. The number of carboxylic acids is 1. The van der Waals surface area contributed by atoms with Crippen LogP contribution in [0.5, 0.6) is 0 Å². The molecule has 0 spiro atoms. The lowest BCUT2D eigenvalue weighted by Gasteiger charge is -2.05. The van der Waals surface area contributed by atoms with E-state index in [2.05, 4.69) is 0 Å². The van der Waals surface area contributed by atoms with Crippen molar-refractivity contribution in [1.29, 1.82) is 0 Å². The van der Waals surface area contributed by atoms with Crippen molar-refractivity contribution in [3.8, 4) is 0 Å². The lowest BCUT2D eigenvalue weighted by atomic mass is 10.2. The normalized spacial score (nSPS) is 10.4. The van der Waals surface area contributed by atoms with E-state index < -0.39 is 11.5 Å². The molecule has 0 bridgehead atoms. The van der Waals surface area contributed by atoms with Crippen molar-refractivity contribution < 1.29 is 9.90 Å². The van der Waals surface area contributed by atoms with Crippen LogP contribution in [0.3, 0.4) is 0 Å². The van der Waals surface area contributed by atoms with Gasteiger partial charge in [0.25, 0.3) is 5.56 Å². The van der Waals surface area contributed by atoms with Crippen LogP contribution < -0.4 is 5.56 Å². The van der Waals surface area contributed by atoms with Crippen LogP contribution in [0.1, 0.15) is 15.2 Å². The highest BCUT2D eigenvalue weighted by Gasteiger charge is 2.09. The van der Waals surface area contributed by atoms with Crippen LogP contribution in [0.4, 0.5) is 0 Å². The van der Waals surface area contributed by atoms with Gasteiger partial charge in [0, 0.05) is 17.6 Å². The molecule has 5 heteroatoms. The van der Waals surface area contributed by atoms with Crippen LogP contribution in [0.2, 0.25) is 0 Å². The lowest BCUT2D eigenvalue weighted by Crippen LogP contribution is -2.26. The minimum atomic E-state index is -1.18. The summed E-state index contributed by atoms with van der Waals surface area (Å²) >= 11 is 1.63. The number of pyridine rings is 1. The molecule has 88 valence electrons. The maximum absolute atomic E-state index is 11.8. The number of hydrogen-bond acceptors (Lipinski definition) is 3. The zero-order chi connectivity index (χ0) is 12.3. The third-order valence-corrected chi connectivity index (χ3v) is 3.37. The molecule has 0 unspecified atom stereocenters. The van der Waals surface area contributed by atoms with Gasteiger partial charge < -0.3 is 9.67 Å². The molecule has 0 saturated carbocycles. The Hall–Kier alpha value is -1.88. The molecule has 17 heavy (non-hydrogen) atoms. The minimum Gasteiger partial charge on any atom is -0.477 e. The summed E-state index contributed by atoms with van der Waals surface area (Å²) in [6.45, 7) is 0.500. The van der Waals surface area contributed by atoms with Gasteiger partial charge in [-0.3, -0.25) is 4.79 Å². The average molecular weight is 249 g/mol. The zero-order valence-corrected chi connectivity index (χ0v) is 9.81. The Bertz CT molecular complexity index is 572. The number of hydrogen-bond donors (Lipinski definition) is 1. The summed E-state index contributed by atoms with van der Waals surface area (Å²) in [5.41, 5.74) is -0.629. The monoisotopic (exact) mass is 249 g/mol. The van der Waals surface area contributed by atoms with E-state index in [-0.39, 0.29) is 5.56 Å². The van der Waals surface area contributed by atoms with Crippen LogP contribution in [-0.2, 0) is 13.0 Å². The molecule has 0 aliphatic carbocycles. The van der Waals surface area contributed by atoms with E-state index in [9.17, 15) is 9.59 Å². The highest BCUT2D eigenvalue weighted by atomic mass is 32.1. The second-order valence-electron chi connectivity index (χ2n) is 3.55. The lowest BCUT2D eigenvalue weighted by molar-refractivity contribution is 0.0694. The number of aryl methyl sites for hydroxylation is 2. The summed E-state index contributed by atoms with van der Waals surface area (Å²) in [4.78, 5) is 23.7. The van der Waals surface area contributed by atoms with Crippen LogP contribution in [0.25, 0.3) is 0 Å². The van der Waals surface area contributed by atoms with Gasteiger partial charge in [0.2, 0.25) is 0 Å². The molecule has 0 saturated heterocycles. The third kappa shape index (κ3) is 2.62. The number of nitrogens with zero attached hydrogens (tertiary/aromatic N) is 1. The van der Waals surface area contributed by atoms with Crippen molar-refractivity contribution in [1.82, 2.24) is 4.57 Å². The molecule has 2 aromatic rings. The maximum atomic E-state index is 11.8. The van der Waals surface area contributed by atoms with Crippen molar-refractivity contribution in [2.75, 3.05) is 0 Å². The molecule has 4 nitrogen and oxygen atoms in total. The van der Waals surface area contributed by atoms with Gasteiger partial charge in [-0.25, -0.2) is 4.79 Å². The summed E-state index contributed by atoms with van der Waals surface area (Å²) in [5, 5.41) is 10.8. The third-order valence-electron chi connectivity index (χ3n) is 2.43. The van der Waals surface area contributed by atoms with Gasteiger partial charge in [-0.05, 0) is 30.0 Å². The van der Waals surface area contributed by atoms with Crippen LogP contribution in [0, 0.1) is 0 Å². The zero-order valence-electron chi connectivity index (χ0n) is 9.00. The van der Waals surface area contributed by atoms with E-state index in [0.29, 0.717) is 6.54 Å². The first-order valence-corrected chi connectivity index (χ1v) is 6.01.